The van der Waals surface area contributed by atoms with Gasteiger partial charge in [-0.3, -0.25) is 19.8 Å². The molecule has 160 valence electrons. The number of hydrogen-bond acceptors (Lipinski definition) is 4. The van der Waals surface area contributed by atoms with Gasteiger partial charge in [-0.25, -0.2) is 0 Å². The lowest BCUT2D eigenvalue weighted by atomic mass is 9.55. The fraction of sp³-hybridized carbons (Fsp3) is 0.913. The quantitative estimate of drug-likeness (QED) is 0.668. The summed E-state index contributed by atoms with van der Waals surface area (Å²) in [7, 11) is 0. The van der Waals surface area contributed by atoms with Gasteiger partial charge in [-0.1, -0.05) is 41.5 Å². The van der Waals surface area contributed by atoms with Crippen molar-refractivity contribution in [3.05, 3.63) is 0 Å². The Kier molecular flexibility index (Phi) is 6.26. The van der Waals surface area contributed by atoms with Gasteiger partial charge < -0.3 is 5.32 Å². The van der Waals surface area contributed by atoms with Crippen molar-refractivity contribution in [2.45, 2.75) is 78.9 Å². The fourth-order valence-electron chi connectivity index (χ4n) is 6.32. The molecule has 2 N–H and O–H groups in total. The van der Waals surface area contributed by atoms with Crippen molar-refractivity contribution in [1.29, 1.82) is 0 Å². The molecule has 3 heterocycles. The highest BCUT2D eigenvalue weighted by molar-refractivity contribution is 5.90. The Morgan fingerprint density at radius 2 is 1.79 bits per heavy atom. The SMILES string of the molecule is CC(=O)C1N[C@@]2(C(=O)NCC(C)C)C[C@@H]3CN(CC(C)C)[C@H]([C@H]13)[C@H]2CC(C)C. The fourth-order valence-corrected chi connectivity index (χ4v) is 6.32. The van der Waals surface area contributed by atoms with E-state index in [0.717, 1.165) is 25.9 Å². The lowest BCUT2D eigenvalue weighted by Gasteiger charge is -2.59. The van der Waals surface area contributed by atoms with Crippen molar-refractivity contribution < 1.29 is 9.59 Å². The van der Waals surface area contributed by atoms with Crippen molar-refractivity contribution in [3.63, 3.8) is 0 Å². The molecular weight excluding hydrogens is 350 g/mol. The highest BCUT2D eigenvalue weighted by atomic mass is 16.2. The lowest BCUT2D eigenvalue weighted by Crippen LogP contribution is -2.78. The third-order valence-electron chi connectivity index (χ3n) is 7.10. The lowest BCUT2D eigenvalue weighted by molar-refractivity contribution is -0.147. The number of likely N-dealkylation sites (tertiary alicyclic amines) is 1. The van der Waals surface area contributed by atoms with Gasteiger partial charge in [0, 0.05) is 37.5 Å². The van der Waals surface area contributed by atoms with Crippen molar-refractivity contribution in [3.8, 4) is 0 Å². The molecule has 3 saturated heterocycles. The molecule has 4 fully saturated rings. The zero-order chi connectivity index (χ0) is 20.8. The average molecular weight is 392 g/mol. The van der Waals surface area contributed by atoms with E-state index in [0.29, 0.717) is 42.2 Å². The molecule has 5 nitrogen and oxygen atoms in total. The first-order valence-electron chi connectivity index (χ1n) is 11.4. The number of rotatable bonds is 8. The van der Waals surface area contributed by atoms with Crippen LogP contribution in [0.4, 0.5) is 0 Å². The summed E-state index contributed by atoms with van der Waals surface area (Å²) in [5.41, 5.74) is -0.606. The maximum atomic E-state index is 13.6. The molecule has 5 heteroatoms. The number of ketones is 1. The maximum absolute atomic E-state index is 13.6. The summed E-state index contributed by atoms with van der Waals surface area (Å²) in [6.45, 7) is 17.8. The number of Topliss-reactive ketones (excluding diaryl/α,β-unsaturated/α-hetero) is 1. The Bertz CT molecular complexity index is 603. The number of piperidine rings is 2. The highest BCUT2D eigenvalue weighted by Crippen LogP contribution is 2.55. The first-order chi connectivity index (χ1) is 13.1. The summed E-state index contributed by atoms with van der Waals surface area (Å²) < 4.78 is 0. The van der Waals surface area contributed by atoms with Gasteiger partial charge in [-0.2, -0.15) is 0 Å². The zero-order valence-corrected chi connectivity index (χ0v) is 18.9. The van der Waals surface area contributed by atoms with Crippen LogP contribution in [0.2, 0.25) is 0 Å². The van der Waals surface area contributed by atoms with Crippen LogP contribution < -0.4 is 10.6 Å². The molecule has 1 saturated carbocycles. The Morgan fingerprint density at radius 1 is 1.11 bits per heavy atom. The largest absolute Gasteiger partial charge is 0.354 e. The number of nitrogens with one attached hydrogen (secondary N) is 2. The minimum atomic E-state index is -0.606. The second kappa shape index (κ2) is 8.06. The molecule has 3 aliphatic heterocycles. The maximum Gasteiger partial charge on any atom is 0.240 e. The normalized spacial score (nSPS) is 37.3. The van der Waals surface area contributed by atoms with Gasteiger partial charge in [0.25, 0.3) is 0 Å². The van der Waals surface area contributed by atoms with Crippen LogP contribution in [0.3, 0.4) is 0 Å². The van der Waals surface area contributed by atoms with Gasteiger partial charge in [-0.15, -0.1) is 0 Å². The second-order valence-corrected chi connectivity index (χ2v) is 10.9. The molecule has 1 amide bonds. The van der Waals surface area contributed by atoms with Gasteiger partial charge in [0.15, 0.2) is 0 Å². The zero-order valence-electron chi connectivity index (χ0n) is 18.9. The Labute approximate surface area is 171 Å². The standard InChI is InChI=1S/C23H41N3O2/c1-13(2)8-18-21-19-17(12-26(21)11-15(5)6)9-23(18,25-20(19)16(7)27)22(28)24-10-14(3)4/h13-15,17-21,25H,8-12H2,1-7H3,(H,24,28)/t17-,18-,19+,20?,21+,23+/m1/s1. The molecule has 28 heavy (non-hydrogen) atoms. The van der Waals surface area contributed by atoms with E-state index in [1.165, 1.54) is 0 Å². The van der Waals surface area contributed by atoms with E-state index < -0.39 is 5.54 Å². The number of carbonyl (C=O) groups is 2. The molecule has 0 aromatic rings. The first-order valence-corrected chi connectivity index (χ1v) is 11.4. The average Bonchev–Trinajstić information content (AvgIpc) is 2.87. The van der Waals surface area contributed by atoms with Crippen molar-refractivity contribution in [2.75, 3.05) is 19.6 Å². The Morgan fingerprint density at radius 3 is 2.32 bits per heavy atom. The number of carbonyl (C=O) groups excluding carboxylic acids is 2. The molecule has 0 aromatic heterocycles. The van der Waals surface area contributed by atoms with E-state index in [9.17, 15) is 9.59 Å². The molecule has 4 aliphatic rings. The summed E-state index contributed by atoms with van der Waals surface area (Å²) in [5.74, 6) is 2.89. The molecule has 1 unspecified atom stereocenters. The monoisotopic (exact) mass is 391 g/mol. The van der Waals surface area contributed by atoms with Gasteiger partial charge in [-0.05, 0) is 43.4 Å². The molecule has 4 rings (SSSR count). The van der Waals surface area contributed by atoms with Crippen molar-refractivity contribution in [1.82, 2.24) is 15.5 Å². The van der Waals surface area contributed by atoms with Crippen LogP contribution in [0.15, 0.2) is 0 Å². The summed E-state index contributed by atoms with van der Waals surface area (Å²) in [4.78, 5) is 28.8. The van der Waals surface area contributed by atoms with Crippen LogP contribution in [0.25, 0.3) is 0 Å². The molecule has 0 radical (unpaired) electrons. The first kappa shape index (κ1) is 21.8. The predicted molar refractivity (Wildman–Crippen MR) is 113 cm³/mol. The second-order valence-electron chi connectivity index (χ2n) is 10.9. The molecule has 4 bridgehead atoms. The molecule has 6 atom stereocenters. The smallest absolute Gasteiger partial charge is 0.240 e. The van der Waals surface area contributed by atoms with E-state index in [4.69, 9.17) is 0 Å². The summed E-state index contributed by atoms with van der Waals surface area (Å²) in [5, 5.41) is 6.86. The highest BCUT2D eigenvalue weighted by Gasteiger charge is 2.68. The topological polar surface area (TPSA) is 61.4 Å². The van der Waals surface area contributed by atoms with E-state index >= 15 is 0 Å². The van der Waals surface area contributed by atoms with Crippen LogP contribution in [0.5, 0.6) is 0 Å². The Hall–Kier alpha value is -0.940. The molecule has 0 aromatic carbocycles. The van der Waals surface area contributed by atoms with Crippen LogP contribution in [0.1, 0.15) is 61.3 Å². The minimum absolute atomic E-state index is 0.123. The van der Waals surface area contributed by atoms with Crippen LogP contribution >= 0.6 is 0 Å². The number of nitrogens with zero attached hydrogens (tertiary/aromatic N) is 1. The van der Waals surface area contributed by atoms with Gasteiger partial charge >= 0.3 is 0 Å². The van der Waals surface area contributed by atoms with Crippen LogP contribution in [-0.4, -0.2) is 53.8 Å². The number of amides is 1. The van der Waals surface area contributed by atoms with Crippen LogP contribution in [-0.2, 0) is 9.59 Å². The van der Waals surface area contributed by atoms with Gasteiger partial charge in [0.05, 0.1) is 6.04 Å². The third-order valence-corrected chi connectivity index (χ3v) is 7.10. The van der Waals surface area contributed by atoms with E-state index in [2.05, 4.69) is 57.1 Å². The minimum Gasteiger partial charge on any atom is -0.354 e. The van der Waals surface area contributed by atoms with Crippen molar-refractivity contribution >= 4 is 11.7 Å². The van der Waals surface area contributed by atoms with E-state index in [1.54, 1.807) is 6.92 Å². The summed E-state index contributed by atoms with van der Waals surface area (Å²) in [6, 6.07) is 0.151. The van der Waals surface area contributed by atoms with E-state index in [1.807, 2.05) is 0 Å². The third kappa shape index (κ3) is 3.77. The molecule has 1 aliphatic carbocycles. The Balaban J connectivity index is 2.00. The van der Waals surface area contributed by atoms with Crippen molar-refractivity contribution in [2.24, 2.45) is 35.5 Å². The van der Waals surface area contributed by atoms with Crippen LogP contribution in [0, 0.1) is 35.5 Å². The number of hydrogen-bond donors (Lipinski definition) is 2. The van der Waals surface area contributed by atoms with Gasteiger partial charge in [0.1, 0.15) is 11.3 Å². The summed E-state index contributed by atoms with van der Waals surface area (Å²) in [6.07, 6.45) is 1.89. The van der Waals surface area contributed by atoms with E-state index in [-0.39, 0.29) is 23.7 Å². The molecule has 0 spiro atoms. The van der Waals surface area contributed by atoms with Gasteiger partial charge in [0.2, 0.25) is 5.91 Å². The molecular formula is C23H41N3O2. The number of fused-ring (bicyclic) bond motifs is 1. The summed E-state index contributed by atoms with van der Waals surface area (Å²) >= 11 is 0. The predicted octanol–water partition coefficient (Wildman–Crippen LogP) is 2.70.